The third-order valence-electron chi connectivity index (χ3n) is 5.06. The molecule has 2 aliphatic rings. The van der Waals surface area contributed by atoms with Gasteiger partial charge in [-0.25, -0.2) is 0 Å². The summed E-state index contributed by atoms with van der Waals surface area (Å²) in [6.07, 6.45) is 1.68. The van der Waals surface area contributed by atoms with Crippen LogP contribution < -0.4 is 10.6 Å². The lowest BCUT2D eigenvalue weighted by atomic mass is 9.81. The number of para-hydroxylation sites is 2. The van der Waals surface area contributed by atoms with E-state index in [1.165, 1.54) is 0 Å². The Morgan fingerprint density at radius 2 is 1.90 bits per heavy atom. The number of hydrogen-bond donors (Lipinski definition) is 3. The molecule has 1 aromatic rings. The number of rotatable bonds is 3. The third kappa shape index (κ3) is 1.90. The molecule has 0 aromatic heterocycles. The van der Waals surface area contributed by atoms with Crippen LogP contribution >= 0.6 is 0 Å². The average molecular weight is 275 g/mol. The number of fused-ring (bicyclic) bond motifs is 1. The molecule has 1 aromatic carbocycles. The molecule has 4 nitrogen and oxygen atoms in total. The SMILES string of the molecule is CCC(C)(C)C1(N2CCC(O)C2)Nc2ccccc2N1. The smallest absolute Gasteiger partial charge is 0.172 e. The van der Waals surface area contributed by atoms with E-state index in [-0.39, 0.29) is 17.3 Å². The van der Waals surface area contributed by atoms with Crippen LogP contribution in [0.2, 0.25) is 0 Å². The van der Waals surface area contributed by atoms with Gasteiger partial charge < -0.3 is 15.7 Å². The van der Waals surface area contributed by atoms with Crippen LogP contribution in [-0.2, 0) is 0 Å². The fourth-order valence-corrected chi connectivity index (χ4v) is 3.35. The third-order valence-corrected chi connectivity index (χ3v) is 5.06. The highest BCUT2D eigenvalue weighted by atomic mass is 16.3. The summed E-state index contributed by atoms with van der Waals surface area (Å²) in [5.74, 6) is -0.317. The van der Waals surface area contributed by atoms with Crippen molar-refractivity contribution in [3.05, 3.63) is 24.3 Å². The second-order valence-corrected chi connectivity index (χ2v) is 6.63. The van der Waals surface area contributed by atoms with Crippen molar-refractivity contribution in [3.63, 3.8) is 0 Å². The lowest BCUT2D eigenvalue weighted by molar-refractivity contribution is 0.0359. The van der Waals surface area contributed by atoms with Gasteiger partial charge in [0, 0.05) is 18.5 Å². The van der Waals surface area contributed by atoms with Gasteiger partial charge in [-0.2, -0.15) is 0 Å². The van der Waals surface area contributed by atoms with Gasteiger partial charge in [0.25, 0.3) is 0 Å². The molecular weight excluding hydrogens is 250 g/mol. The first-order chi connectivity index (χ1) is 9.48. The van der Waals surface area contributed by atoms with Gasteiger partial charge >= 0.3 is 0 Å². The van der Waals surface area contributed by atoms with Crippen LogP contribution in [0.25, 0.3) is 0 Å². The molecule has 0 spiro atoms. The second kappa shape index (κ2) is 4.64. The van der Waals surface area contributed by atoms with Crippen LogP contribution in [0, 0.1) is 5.41 Å². The first-order valence-corrected chi connectivity index (χ1v) is 7.57. The van der Waals surface area contributed by atoms with Crippen molar-refractivity contribution in [1.82, 2.24) is 4.90 Å². The van der Waals surface area contributed by atoms with Gasteiger partial charge in [-0.3, -0.25) is 4.90 Å². The van der Waals surface area contributed by atoms with E-state index in [1.807, 2.05) is 0 Å². The van der Waals surface area contributed by atoms with Gasteiger partial charge in [-0.1, -0.05) is 32.9 Å². The molecule has 0 amide bonds. The summed E-state index contributed by atoms with van der Waals surface area (Å²) < 4.78 is 0. The Hall–Kier alpha value is -1.26. The van der Waals surface area contributed by atoms with Gasteiger partial charge in [-0.05, 0) is 25.0 Å². The fraction of sp³-hybridized carbons (Fsp3) is 0.625. The van der Waals surface area contributed by atoms with E-state index >= 15 is 0 Å². The normalized spacial score (nSPS) is 25.1. The Bertz CT molecular complexity index is 475. The summed E-state index contributed by atoms with van der Waals surface area (Å²) in [5, 5.41) is 17.3. The standard InChI is InChI=1S/C16H25N3O/c1-4-15(2,3)16(19-10-9-12(20)11-19)17-13-7-5-6-8-14(13)18-16/h5-8,12,17-18,20H,4,9-11H2,1-3H3. The molecule has 3 N–H and O–H groups in total. The lowest BCUT2D eigenvalue weighted by Crippen LogP contribution is -2.65. The first kappa shape index (κ1) is 13.7. The van der Waals surface area contributed by atoms with Gasteiger partial charge in [0.1, 0.15) is 0 Å². The van der Waals surface area contributed by atoms with Crippen molar-refractivity contribution in [2.24, 2.45) is 5.41 Å². The molecular formula is C16H25N3O. The van der Waals surface area contributed by atoms with Crippen molar-refractivity contribution in [2.45, 2.75) is 45.5 Å². The molecule has 2 heterocycles. The number of hydrogen-bond acceptors (Lipinski definition) is 4. The van der Waals surface area contributed by atoms with Crippen LogP contribution in [0.15, 0.2) is 24.3 Å². The summed E-state index contributed by atoms with van der Waals surface area (Å²) in [6.45, 7) is 8.42. The predicted octanol–water partition coefficient (Wildman–Crippen LogP) is 2.68. The van der Waals surface area contributed by atoms with Gasteiger partial charge in [0.2, 0.25) is 0 Å². The minimum absolute atomic E-state index is 0.0378. The van der Waals surface area contributed by atoms with Gasteiger partial charge in [0.05, 0.1) is 17.5 Å². The maximum Gasteiger partial charge on any atom is 0.172 e. The molecule has 0 saturated carbocycles. The van der Waals surface area contributed by atoms with Crippen molar-refractivity contribution < 1.29 is 5.11 Å². The van der Waals surface area contributed by atoms with Gasteiger partial charge in [-0.15, -0.1) is 0 Å². The van der Waals surface area contributed by atoms with E-state index in [0.717, 1.165) is 37.3 Å². The van der Waals surface area contributed by atoms with E-state index in [1.54, 1.807) is 0 Å². The summed E-state index contributed by atoms with van der Waals surface area (Å²) in [6, 6.07) is 8.34. The zero-order chi connectivity index (χ0) is 14.4. The maximum atomic E-state index is 9.93. The molecule has 4 heteroatoms. The summed E-state index contributed by atoms with van der Waals surface area (Å²) in [4.78, 5) is 2.36. The number of benzene rings is 1. The Labute approximate surface area is 121 Å². The van der Waals surface area contributed by atoms with Crippen LogP contribution in [0.1, 0.15) is 33.6 Å². The van der Waals surface area contributed by atoms with Crippen LogP contribution in [0.3, 0.4) is 0 Å². The van der Waals surface area contributed by atoms with Crippen LogP contribution in [0.4, 0.5) is 11.4 Å². The van der Waals surface area contributed by atoms with E-state index in [2.05, 4.69) is 60.6 Å². The first-order valence-electron chi connectivity index (χ1n) is 7.57. The van der Waals surface area contributed by atoms with E-state index in [4.69, 9.17) is 0 Å². The molecule has 1 atom stereocenters. The van der Waals surface area contributed by atoms with Crippen molar-refractivity contribution >= 4 is 11.4 Å². The molecule has 1 saturated heterocycles. The number of aliphatic hydroxyl groups is 1. The number of anilines is 2. The van der Waals surface area contributed by atoms with Crippen LogP contribution in [0.5, 0.6) is 0 Å². The largest absolute Gasteiger partial charge is 0.392 e. The topological polar surface area (TPSA) is 47.5 Å². The van der Waals surface area contributed by atoms with E-state index in [9.17, 15) is 5.11 Å². The zero-order valence-electron chi connectivity index (χ0n) is 12.6. The molecule has 0 bridgehead atoms. The Morgan fingerprint density at radius 1 is 1.30 bits per heavy atom. The Balaban J connectivity index is 1.99. The molecule has 0 radical (unpaired) electrons. The second-order valence-electron chi connectivity index (χ2n) is 6.63. The minimum atomic E-state index is -0.317. The zero-order valence-corrected chi connectivity index (χ0v) is 12.6. The summed E-state index contributed by atoms with van der Waals surface area (Å²) >= 11 is 0. The molecule has 2 aliphatic heterocycles. The van der Waals surface area contributed by atoms with E-state index in [0.29, 0.717) is 0 Å². The van der Waals surface area contributed by atoms with E-state index < -0.39 is 0 Å². The number of aliphatic hydroxyl groups excluding tert-OH is 1. The summed E-state index contributed by atoms with van der Waals surface area (Å²) in [5.41, 5.74) is 2.33. The maximum absolute atomic E-state index is 9.93. The molecule has 110 valence electrons. The van der Waals surface area contributed by atoms with Crippen LogP contribution in [-0.4, -0.2) is 35.0 Å². The number of β-amino-alcohol motifs (C(OH)–C–C–N with tert-alkyl or cyclic N) is 1. The molecule has 3 rings (SSSR count). The molecule has 1 fully saturated rings. The van der Waals surface area contributed by atoms with Gasteiger partial charge in [0.15, 0.2) is 5.79 Å². The number of likely N-dealkylation sites (tertiary alicyclic amines) is 1. The highest BCUT2D eigenvalue weighted by molar-refractivity contribution is 5.76. The summed E-state index contributed by atoms with van der Waals surface area (Å²) in [7, 11) is 0. The highest BCUT2D eigenvalue weighted by Gasteiger charge is 2.53. The van der Waals surface area contributed by atoms with Crippen molar-refractivity contribution in [2.75, 3.05) is 23.7 Å². The Morgan fingerprint density at radius 3 is 2.35 bits per heavy atom. The minimum Gasteiger partial charge on any atom is -0.392 e. The Kier molecular flexibility index (Phi) is 3.18. The lowest BCUT2D eigenvalue weighted by Gasteiger charge is -2.50. The highest BCUT2D eigenvalue weighted by Crippen LogP contribution is 2.47. The molecule has 20 heavy (non-hydrogen) atoms. The molecule has 0 aliphatic carbocycles. The monoisotopic (exact) mass is 275 g/mol. The van der Waals surface area contributed by atoms with Crippen molar-refractivity contribution in [3.8, 4) is 0 Å². The van der Waals surface area contributed by atoms with Crippen molar-refractivity contribution in [1.29, 1.82) is 0 Å². The number of nitrogens with zero attached hydrogens (tertiary/aromatic N) is 1. The average Bonchev–Trinajstić information content (AvgIpc) is 3.02. The molecule has 1 unspecified atom stereocenters. The number of nitrogens with one attached hydrogen (secondary N) is 2. The fourth-order valence-electron chi connectivity index (χ4n) is 3.35. The quantitative estimate of drug-likeness (QED) is 0.794. The predicted molar refractivity (Wildman–Crippen MR) is 82.7 cm³/mol.